The number of aryl methyl sites for hydroxylation is 1. The summed E-state index contributed by atoms with van der Waals surface area (Å²) in [5, 5.41) is 13.3. The Morgan fingerprint density at radius 3 is 2.50 bits per heavy atom. The number of amides is 1. The van der Waals surface area contributed by atoms with Crippen molar-refractivity contribution in [2.24, 2.45) is 0 Å². The predicted octanol–water partition coefficient (Wildman–Crippen LogP) is 0.717. The van der Waals surface area contributed by atoms with E-state index in [-0.39, 0.29) is 11.4 Å². The van der Waals surface area contributed by atoms with Gasteiger partial charge in [0.25, 0.3) is 5.91 Å². The molecule has 18 heavy (non-hydrogen) atoms. The number of likely N-dealkylation sites (N-methyl/N-ethyl adjacent to an activating group) is 1. The standard InChI is InChI=1S/C12H21N5O/c1-4-17(5-2)8-12(6-7-12)13-11(18)10-9(3)14-16-15-10/h4-8H2,1-3H3,(H,13,18)(H,14,15,16). The molecule has 1 fully saturated rings. The fourth-order valence-electron chi connectivity index (χ4n) is 2.15. The van der Waals surface area contributed by atoms with Gasteiger partial charge in [-0.2, -0.15) is 15.4 Å². The normalized spacial score (nSPS) is 16.9. The Kier molecular flexibility index (Phi) is 3.65. The van der Waals surface area contributed by atoms with Gasteiger partial charge in [0.1, 0.15) is 0 Å². The van der Waals surface area contributed by atoms with Crippen molar-refractivity contribution >= 4 is 5.91 Å². The van der Waals surface area contributed by atoms with Crippen LogP contribution in [0.1, 0.15) is 42.9 Å². The Bertz CT molecular complexity index is 420. The Balaban J connectivity index is 1.97. The van der Waals surface area contributed by atoms with Crippen LogP contribution in [0, 0.1) is 6.92 Å². The van der Waals surface area contributed by atoms with Crippen molar-refractivity contribution in [3.05, 3.63) is 11.4 Å². The molecule has 0 aliphatic heterocycles. The number of rotatable bonds is 6. The average Bonchev–Trinajstić information content (AvgIpc) is 2.97. The third-order valence-corrected chi connectivity index (χ3v) is 3.59. The van der Waals surface area contributed by atoms with Gasteiger partial charge in [0.2, 0.25) is 0 Å². The molecule has 0 unspecified atom stereocenters. The Labute approximate surface area is 107 Å². The second-order valence-corrected chi connectivity index (χ2v) is 4.95. The highest BCUT2D eigenvalue weighted by molar-refractivity contribution is 5.93. The lowest BCUT2D eigenvalue weighted by molar-refractivity contribution is 0.0912. The molecular weight excluding hydrogens is 230 g/mol. The summed E-state index contributed by atoms with van der Waals surface area (Å²) < 4.78 is 0. The minimum absolute atomic E-state index is 0.0471. The van der Waals surface area contributed by atoms with Crippen molar-refractivity contribution in [1.29, 1.82) is 0 Å². The molecule has 1 aromatic heterocycles. The molecule has 1 amide bonds. The molecule has 6 heteroatoms. The first-order chi connectivity index (χ1) is 8.60. The number of carbonyl (C=O) groups is 1. The van der Waals surface area contributed by atoms with Gasteiger partial charge in [0, 0.05) is 6.54 Å². The van der Waals surface area contributed by atoms with Crippen LogP contribution < -0.4 is 5.32 Å². The van der Waals surface area contributed by atoms with Gasteiger partial charge >= 0.3 is 0 Å². The summed E-state index contributed by atoms with van der Waals surface area (Å²) in [4.78, 5) is 14.4. The molecule has 1 aromatic rings. The molecule has 0 spiro atoms. The number of aromatic amines is 1. The molecule has 0 bridgehead atoms. The van der Waals surface area contributed by atoms with E-state index in [4.69, 9.17) is 0 Å². The molecule has 2 rings (SSSR count). The molecule has 2 N–H and O–H groups in total. The second-order valence-electron chi connectivity index (χ2n) is 4.95. The van der Waals surface area contributed by atoms with Gasteiger partial charge in [-0.1, -0.05) is 13.8 Å². The summed E-state index contributed by atoms with van der Waals surface area (Å²) in [6, 6.07) is 0. The maximum absolute atomic E-state index is 12.1. The summed E-state index contributed by atoms with van der Waals surface area (Å²) in [7, 11) is 0. The quantitative estimate of drug-likeness (QED) is 0.781. The molecule has 1 aliphatic carbocycles. The monoisotopic (exact) mass is 251 g/mol. The lowest BCUT2D eigenvalue weighted by atomic mass is 10.2. The molecule has 1 aliphatic rings. The zero-order valence-electron chi connectivity index (χ0n) is 11.3. The molecule has 100 valence electrons. The van der Waals surface area contributed by atoms with Gasteiger partial charge in [-0.05, 0) is 32.9 Å². The second kappa shape index (κ2) is 5.06. The van der Waals surface area contributed by atoms with Gasteiger partial charge in [0.15, 0.2) is 5.69 Å². The van der Waals surface area contributed by atoms with Crippen LogP contribution >= 0.6 is 0 Å². The van der Waals surface area contributed by atoms with Crippen molar-refractivity contribution < 1.29 is 4.79 Å². The van der Waals surface area contributed by atoms with Crippen LogP contribution in [0.3, 0.4) is 0 Å². The van der Waals surface area contributed by atoms with Gasteiger partial charge in [-0.25, -0.2) is 0 Å². The van der Waals surface area contributed by atoms with Crippen molar-refractivity contribution in [2.75, 3.05) is 19.6 Å². The predicted molar refractivity (Wildman–Crippen MR) is 68.3 cm³/mol. The van der Waals surface area contributed by atoms with E-state index in [0.717, 1.165) is 32.5 Å². The lowest BCUT2D eigenvalue weighted by Gasteiger charge is -2.25. The van der Waals surface area contributed by atoms with Crippen LogP contribution in [-0.4, -0.2) is 51.4 Å². The average molecular weight is 251 g/mol. The molecule has 0 radical (unpaired) electrons. The highest BCUT2D eigenvalue weighted by Gasteiger charge is 2.45. The van der Waals surface area contributed by atoms with Crippen LogP contribution in [-0.2, 0) is 0 Å². The smallest absolute Gasteiger partial charge is 0.274 e. The van der Waals surface area contributed by atoms with Crippen LogP contribution in [0.5, 0.6) is 0 Å². The first kappa shape index (κ1) is 13.0. The molecule has 0 aromatic carbocycles. The number of hydrogen-bond donors (Lipinski definition) is 2. The number of carbonyl (C=O) groups excluding carboxylic acids is 1. The fraction of sp³-hybridized carbons (Fsp3) is 0.750. The molecule has 1 saturated carbocycles. The number of H-pyrrole nitrogens is 1. The maximum Gasteiger partial charge on any atom is 0.274 e. The van der Waals surface area contributed by atoms with Crippen LogP contribution in [0.25, 0.3) is 0 Å². The molecule has 1 heterocycles. The molecule has 6 nitrogen and oxygen atoms in total. The lowest BCUT2D eigenvalue weighted by Crippen LogP contribution is -2.46. The summed E-state index contributed by atoms with van der Waals surface area (Å²) in [6.07, 6.45) is 2.10. The zero-order chi connectivity index (χ0) is 13.2. The van der Waals surface area contributed by atoms with Crippen molar-refractivity contribution in [3.8, 4) is 0 Å². The first-order valence-corrected chi connectivity index (χ1v) is 6.52. The first-order valence-electron chi connectivity index (χ1n) is 6.52. The maximum atomic E-state index is 12.1. The molecule has 0 saturated heterocycles. The number of nitrogens with one attached hydrogen (secondary N) is 2. The SMILES string of the molecule is CCN(CC)CC1(NC(=O)c2n[nH]nc2C)CC1. The summed E-state index contributed by atoms with van der Waals surface area (Å²) in [5.74, 6) is -0.120. The third kappa shape index (κ3) is 2.69. The number of hydrogen-bond acceptors (Lipinski definition) is 4. The largest absolute Gasteiger partial charge is 0.344 e. The third-order valence-electron chi connectivity index (χ3n) is 3.59. The van der Waals surface area contributed by atoms with E-state index in [1.165, 1.54) is 0 Å². The van der Waals surface area contributed by atoms with Crippen LogP contribution in [0.2, 0.25) is 0 Å². The van der Waals surface area contributed by atoms with Crippen molar-refractivity contribution in [1.82, 2.24) is 25.6 Å². The number of nitrogens with zero attached hydrogens (tertiary/aromatic N) is 3. The Morgan fingerprint density at radius 1 is 1.39 bits per heavy atom. The molecule has 0 atom stereocenters. The highest BCUT2D eigenvalue weighted by Crippen LogP contribution is 2.36. The van der Waals surface area contributed by atoms with E-state index in [0.29, 0.717) is 11.4 Å². The van der Waals surface area contributed by atoms with Crippen LogP contribution in [0.4, 0.5) is 0 Å². The zero-order valence-corrected chi connectivity index (χ0v) is 11.3. The van der Waals surface area contributed by atoms with E-state index < -0.39 is 0 Å². The van der Waals surface area contributed by atoms with E-state index in [2.05, 4.69) is 39.5 Å². The Morgan fingerprint density at radius 2 is 2.06 bits per heavy atom. The fourth-order valence-corrected chi connectivity index (χ4v) is 2.15. The minimum atomic E-state index is -0.120. The Hall–Kier alpha value is -1.43. The summed E-state index contributed by atoms with van der Waals surface area (Å²) in [6.45, 7) is 9.01. The topological polar surface area (TPSA) is 73.9 Å². The van der Waals surface area contributed by atoms with E-state index in [1.54, 1.807) is 6.92 Å². The molecular formula is C12H21N5O. The minimum Gasteiger partial charge on any atom is -0.344 e. The van der Waals surface area contributed by atoms with Gasteiger partial charge in [-0.15, -0.1) is 0 Å². The van der Waals surface area contributed by atoms with E-state index >= 15 is 0 Å². The number of aromatic nitrogens is 3. The summed E-state index contributed by atoms with van der Waals surface area (Å²) in [5.41, 5.74) is 1.00. The van der Waals surface area contributed by atoms with E-state index in [9.17, 15) is 4.79 Å². The van der Waals surface area contributed by atoms with Crippen molar-refractivity contribution in [3.63, 3.8) is 0 Å². The van der Waals surface area contributed by atoms with Gasteiger partial charge in [-0.3, -0.25) is 4.79 Å². The van der Waals surface area contributed by atoms with Crippen molar-refractivity contribution in [2.45, 2.75) is 39.2 Å². The highest BCUT2D eigenvalue weighted by atomic mass is 16.2. The van der Waals surface area contributed by atoms with Gasteiger partial charge in [0.05, 0.1) is 11.2 Å². The summed E-state index contributed by atoms with van der Waals surface area (Å²) >= 11 is 0. The van der Waals surface area contributed by atoms with Crippen LogP contribution in [0.15, 0.2) is 0 Å². The van der Waals surface area contributed by atoms with Gasteiger partial charge < -0.3 is 10.2 Å². The van der Waals surface area contributed by atoms with E-state index in [1.807, 2.05) is 0 Å².